The van der Waals surface area contributed by atoms with Crippen molar-refractivity contribution < 1.29 is 13.9 Å². The molecule has 0 spiro atoms. The van der Waals surface area contributed by atoms with E-state index in [2.05, 4.69) is 10.4 Å². The first kappa shape index (κ1) is 21.6. The molecule has 2 heterocycles. The Hall–Kier alpha value is -3.58. The number of anilines is 1. The van der Waals surface area contributed by atoms with Crippen LogP contribution in [0.4, 0.5) is 5.69 Å². The van der Waals surface area contributed by atoms with Gasteiger partial charge in [0.1, 0.15) is 11.3 Å². The minimum absolute atomic E-state index is 0.0286. The fourth-order valence-electron chi connectivity index (χ4n) is 3.44. The van der Waals surface area contributed by atoms with E-state index >= 15 is 0 Å². The van der Waals surface area contributed by atoms with Crippen LogP contribution in [0.1, 0.15) is 35.6 Å². The summed E-state index contributed by atoms with van der Waals surface area (Å²) in [5.74, 6) is 0.149. The molecule has 0 atom stereocenters. The van der Waals surface area contributed by atoms with Crippen LogP contribution in [0.3, 0.4) is 0 Å². The normalized spacial score (nSPS) is 11.2. The Bertz CT molecular complexity index is 1370. The lowest BCUT2D eigenvalue weighted by atomic mass is 10.1. The predicted octanol–water partition coefficient (Wildman–Crippen LogP) is 5.29. The molecule has 4 rings (SSSR count). The first-order valence-electron chi connectivity index (χ1n) is 10.1. The van der Waals surface area contributed by atoms with Crippen molar-refractivity contribution in [2.75, 3.05) is 5.32 Å². The van der Waals surface area contributed by atoms with Gasteiger partial charge in [-0.15, -0.1) is 0 Å². The molecule has 1 amide bonds. The second-order valence-corrected chi connectivity index (χ2v) is 8.08. The first-order chi connectivity index (χ1) is 15.2. The highest BCUT2D eigenvalue weighted by molar-refractivity contribution is 6.31. The lowest BCUT2D eigenvalue weighted by Crippen LogP contribution is -2.15. The predicted molar refractivity (Wildman–Crippen MR) is 124 cm³/mol. The van der Waals surface area contributed by atoms with Crippen molar-refractivity contribution in [1.82, 2.24) is 9.78 Å². The number of ether oxygens (including phenoxy) is 1. The summed E-state index contributed by atoms with van der Waals surface area (Å²) in [6.45, 7) is 7.54. The molecule has 2 aromatic carbocycles. The Morgan fingerprint density at radius 1 is 1.12 bits per heavy atom. The van der Waals surface area contributed by atoms with E-state index in [1.165, 1.54) is 6.07 Å². The number of hydrogen-bond acceptors (Lipinski definition) is 5. The van der Waals surface area contributed by atoms with Gasteiger partial charge in [-0.2, -0.15) is 5.10 Å². The monoisotopic (exact) mass is 451 g/mol. The standard InChI is InChI=1S/C24H22ClN3O4/c1-13(2)31-18-9-10-19-20(12-22(29)32-21(19)11-18)24(30)26-16-5-7-17(8-6-16)28-15(4)23(25)14(3)27-28/h5-13H,1-4H3,(H,26,30). The van der Waals surface area contributed by atoms with E-state index in [9.17, 15) is 9.59 Å². The van der Waals surface area contributed by atoms with Crippen LogP contribution in [0.2, 0.25) is 5.02 Å². The van der Waals surface area contributed by atoms with Crippen LogP contribution >= 0.6 is 11.6 Å². The molecule has 0 saturated heterocycles. The average molecular weight is 452 g/mol. The molecule has 0 fully saturated rings. The third kappa shape index (κ3) is 4.24. The molecule has 0 bridgehead atoms. The van der Waals surface area contributed by atoms with E-state index < -0.39 is 11.5 Å². The lowest BCUT2D eigenvalue weighted by molar-refractivity contribution is 0.102. The molecule has 32 heavy (non-hydrogen) atoms. The van der Waals surface area contributed by atoms with E-state index in [-0.39, 0.29) is 17.3 Å². The molecular formula is C24H22ClN3O4. The van der Waals surface area contributed by atoms with Crippen LogP contribution in [-0.4, -0.2) is 21.8 Å². The zero-order valence-corrected chi connectivity index (χ0v) is 18.9. The number of carbonyl (C=O) groups is 1. The second kappa shape index (κ2) is 8.51. The summed E-state index contributed by atoms with van der Waals surface area (Å²) in [7, 11) is 0. The SMILES string of the molecule is Cc1nn(-c2ccc(NC(=O)c3cc(=O)oc4cc(OC(C)C)ccc34)cc2)c(C)c1Cl. The summed E-state index contributed by atoms with van der Waals surface area (Å²) in [4.78, 5) is 25.0. The molecule has 1 N–H and O–H groups in total. The average Bonchev–Trinajstić information content (AvgIpc) is 3.00. The number of nitrogens with one attached hydrogen (secondary N) is 1. The number of carbonyl (C=O) groups excluding carboxylic acids is 1. The number of fused-ring (bicyclic) bond motifs is 1. The number of aryl methyl sites for hydroxylation is 1. The molecule has 0 aliphatic carbocycles. The summed E-state index contributed by atoms with van der Waals surface area (Å²) >= 11 is 6.23. The minimum Gasteiger partial charge on any atom is -0.491 e. The van der Waals surface area contributed by atoms with E-state index in [0.717, 1.165) is 17.1 Å². The van der Waals surface area contributed by atoms with Crippen LogP contribution in [0.15, 0.2) is 57.7 Å². The van der Waals surface area contributed by atoms with Gasteiger partial charge in [0.15, 0.2) is 0 Å². The summed E-state index contributed by atoms with van der Waals surface area (Å²) in [6.07, 6.45) is -0.0286. The van der Waals surface area contributed by atoms with Crippen LogP contribution in [0.25, 0.3) is 16.7 Å². The van der Waals surface area contributed by atoms with Gasteiger partial charge in [-0.1, -0.05) is 11.6 Å². The molecule has 0 saturated carbocycles. The minimum atomic E-state index is -0.610. The van der Waals surface area contributed by atoms with Crippen LogP contribution in [0, 0.1) is 13.8 Å². The van der Waals surface area contributed by atoms with Gasteiger partial charge < -0.3 is 14.5 Å². The number of benzene rings is 2. The fraction of sp³-hybridized carbons (Fsp3) is 0.208. The molecule has 0 aliphatic heterocycles. The van der Waals surface area contributed by atoms with Crippen molar-refractivity contribution in [2.24, 2.45) is 0 Å². The summed E-state index contributed by atoms with van der Waals surface area (Å²) in [6, 6.07) is 13.4. The van der Waals surface area contributed by atoms with E-state index in [1.54, 1.807) is 35.0 Å². The number of amides is 1. The van der Waals surface area contributed by atoms with Gasteiger partial charge in [-0.3, -0.25) is 4.79 Å². The number of rotatable bonds is 5. The molecule has 4 aromatic rings. The highest BCUT2D eigenvalue weighted by Crippen LogP contribution is 2.25. The quantitative estimate of drug-likeness (QED) is 0.417. The van der Waals surface area contributed by atoms with E-state index in [1.807, 2.05) is 39.8 Å². The zero-order valence-electron chi connectivity index (χ0n) is 18.1. The molecule has 2 aromatic heterocycles. The lowest BCUT2D eigenvalue weighted by Gasteiger charge is -2.11. The molecule has 0 unspecified atom stereocenters. The Morgan fingerprint density at radius 3 is 2.47 bits per heavy atom. The van der Waals surface area contributed by atoms with Crippen molar-refractivity contribution in [2.45, 2.75) is 33.8 Å². The van der Waals surface area contributed by atoms with Gasteiger partial charge >= 0.3 is 5.63 Å². The zero-order chi connectivity index (χ0) is 23.0. The van der Waals surface area contributed by atoms with Crippen LogP contribution < -0.4 is 15.7 Å². The van der Waals surface area contributed by atoms with Gasteiger partial charge in [0.2, 0.25) is 0 Å². The highest BCUT2D eigenvalue weighted by atomic mass is 35.5. The number of nitrogens with zero attached hydrogens (tertiary/aromatic N) is 2. The Balaban J connectivity index is 1.61. The molecule has 164 valence electrons. The van der Waals surface area contributed by atoms with Crippen LogP contribution in [0.5, 0.6) is 5.75 Å². The Labute approximate surface area is 189 Å². The maximum absolute atomic E-state index is 12.9. The number of halogens is 1. The van der Waals surface area contributed by atoms with Gasteiger partial charge in [0.05, 0.1) is 33.8 Å². The van der Waals surface area contributed by atoms with E-state index in [0.29, 0.717) is 21.8 Å². The highest BCUT2D eigenvalue weighted by Gasteiger charge is 2.15. The summed E-state index contributed by atoms with van der Waals surface area (Å²) in [5, 5.41) is 8.40. The first-order valence-corrected chi connectivity index (χ1v) is 10.5. The van der Waals surface area contributed by atoms with Crippen molar-refractivity contribution in [3.05, 3.63) is 80.9 Å². The molecular weight excluding hydrogens is 430 g/mol. The maximum atomic E-state index is 12.9. The summed E-state index contributed by atoms with van der Waals surface area (Å²) < 4.78 is 12.7. The van der Waals surface area contributed by atoms with Crippen molar-refractivity contribution in [3.63, 3.8) is 0 Å². The third-order valence-electron chi connectivity index (χ3n) is 4.91. The number of hydrogen-bond donors (Lipinski definition) is 1. The largest absolute Gasteiger partial charge is 0.491 e. The molecule has 0 radical (unpaired) electrons. The van der Waals surface area contributed by atoms with Gasteiger partial charge in [0.25, 0.3) is 5.91 Å². The van der Waals surface area contributed by atoms with Gasteiger partial charge in [-0.25, -0.2) is 9.48 Å². The fourth-order valence-corrected chi connectivity index (χ4v) is 3.55. The summed E-state index contributed by atoms with van der Waals surface area (Å²) in [5.41, 5.74) is 2.88. The topological polar surface area (TPSA) is 86.4 Å². The van der Waals surface area contributed by atoms with Crippen molar-refractivity contribution >= 4 is 34.2 Å². The molecule has 7 nitrogen and oxygen atoms in total. The third-order valence-corrected chi connectivity index (χ3v) is 5.45. The Morgan fingerprint density at radius 2 is 1.84 bits per heavy atom. The second-order valence-electron chi connectivity index (χ2n) is 7.70. The van der Waals surface area contributed by atoms with Gasteiger partial charge in [-0.05, 0) is 64.1 Å². The van der Waals surface area contributed by atoms with Crippen molar-refractivity contribution in [1.29, 1.82) is 0 Å². The molecule has 8 heteroatoms. The smallest absolute Gasteiger partial charge is 0.337 e. The van der Waals surface area contributed by atoms with Crippen molar-refractivity contribution in [3.8, 4) is 11.4 Å². The number of aromatic nitrogens is 2. The maximum Gasteiger partial charge on any atom is 0.337 e. The Kier molecular flexibility index (Phi) is 5.76. The molecule has 0 aliphatic rings. The van der Waals surface area contributed by atoms with Gasteiger partial charge in [0, 0.05) is 23.2 Å². The van der Waals surface area contributed by atoms with E-state index in [4.69, 9.17) is 20.8 Å². The van der Waals surface area contributed by atoms with Crippen LogP contribution in [-0.2, 0) is 0 Å².